The van der Waals surface area contributed by atoms with Crippen LogP contribution in [-0.2, 0) is 15.6 Å². The number of sulfone groups is 1. The minimum Gasteiger partial charge on any atom is -0.411 e. The molecule has 2 rings (SSSR count). The fourth-order valence-corrected chi connectivity index (χ4v) is 2.97. The molecule has 1 atom stereocenters. The van der Waals surface area contributed by atoms with Crippen LogP contribution in [0.15, 0.2) is 33.9 Å². The van der Waals surface area contributed by atoms with Gasteiger partial charge in [0.25, 0.3) is 0 Å². The van der Waals surface area contributed by atoms with Gasteiger partial charge in [-0.15, -0.1) is 17.5 Å². The second-order valence-corrected chi connectivity index (χ2v) is 7.29. The van der Waals surface area contributed by atoms with Crippen LogP contribution < -0.4 is 5.73 Å². The minimum atomic E-state index is -3.66. The van der Waals surface area contributed by atoms with Crippen LogP contribution in [0.1, 0.15) is 36.9 Å². The Bertz CT molecular complexity index is 728. The van der Waals surface area contributed by atoms with Gasteiger partial charge in [-0.1, -0.05) is 48.8 Å². The first-order chi connectivity index (χ1) is 9.79. The van der Waals surface area contributed by atoms with Gasteiger partial charge in [-0.2, -0.15) is 0 Å². The minimum absolute atomic E-state index is 0. The number of nitrogens with two attached hydrogens (primary N) is 1. The first-order valence-electron chi connectivity index (χ1n) is 6.67. The van der Waals surface area contributed by atoms with E-state index >= 15 is 0 Å². The van der Waals surface area contributed by atoms with Crippen LogP contribution in [0, 0.1) is 12.8 Å². The molecule has 8 heteroatoms. The van der Waals surface area contributed by atoms with Gasteiger partial charge in [-0.05, 0) is 18.4 Å². The third-order valence-corrected chi connectivity index (χ3v) is 4.54. The van der Waals surface area contributed by atoms with E-state index < -0.39 is 15.9 Å². The summed E-state index contributed by atoms with van der Waals surface area (Å²) in [5.74, 6) is 0.0540. The number of halogens is 1. The van der Waals surface area contributed by atoms with Crippen molar-refractivity contribution >= 4 is 22.2 Å². The number of aromatic nitrogens is 2. The molecule has 0 fully saturated rings. The molecule has 2 N–H and O–H groups in total. The van der Waals surface area contributed by atoms with Crippen molar-refractivity contribution < 1.29 is 12.8 Å². The third-order valence-electron chi connectivity index (χ3n) is 3.13. The Kier molecular flexibility index (Phi) is 6.10. The van der Waals surface area contributed by atoms with Gasteiger partial charge in [0.05, 0.1) is 11.8 Å². The maximum atomic E-state index is 12.3. The summed E-state index contributed by atoms with van der Waals surface area (Å²) in [6.07, 6.45) is 0. The van der Waals surface area contributed by atoms with Crippen molar-refractivity contribution in [3.8, 4) is 0 Å². The molecule has 0 radical (unpaired) electrons. The van der Waals surface area contributed by atoms with Crippen molar-refractivity contribution in [2.45, 2.75) is 37.8 Å². The van der Waals surface area contributed by atoms with Crippen molar-refractivity contribution in [3.63, 3.8) is 0 Å². The van der Waals surface area contributed by atoms with Crippen molar-refractivity contribution in [1.29, 1.82) is 0 Å². The third kappa shape index (κ3) is 4.28. The number of hydrogen-bond acceptors (Lipinski definition) is 6. The van der Waals surface area contributed by atoms with E-state index in [0.29, 0.717) is 5.56 Å². The Labute approximate surface area is 136 Å². The van der Waals surface area contributed by atoms with Crippen molar-refractivity contribution in [2.24, 2.45) is 11.7 Å². The van der Waals surface area contributed by atoms with E-state index in [-0.39, 0.29) is 35.2 Å². The second-order valence-electron chi connectivity index (χ2n) is 5.42. The highest BCUT2D eigenvalue weighted by atomic mass is 35.5. The zero-order valence-electron chi connectivity index (χ0n) is 12.7. The van der Waals surface area contributed by atoms with Crippen LogP contribution in [0.4, 0.5) is 0 Å². The molecule has 1 aromatic carbocycles. The van der Waals surface area contributed by atoms with Crippen LogP contribution in [0.3, 0.4) is 0 Å². The maximum absolute atomic E-state index is 12.3. The number of hydrogen-bond donors (Lipinski definition) is 1. The first-order valence-corrected chi connectivity index (χ1v) is 8.32. The van der Waals surface area contributed by atoms with Crippen LogP contribution >= 0.6 is 12.4 Å². The number of rotatable bonds is 5. The average molecular weight is 346 g/mol. The summed E-state index contributed by atoms with van der Waals surface area (Å²) < 4.78 is 29.8. The molecular weight excluding hydrogens is 326 g/mol. The Morgan fingerprint density at radius 3 is 2.55 bits per heavy atom. The molecule has 0 unspecified atom stereocenters. The predicted molar refractivity (Wildman–Crippen MR) is 85.4 cm³/mol. The molecule has 122 valence electrons. The molecule has 1 heterocycles. The standard InChI is InChI=1S/C14H19N3O3S.ClH/c1-9(2)12(15)13-16-17-14(20-13)21(18,19)8-11-6-4-5-10(3)7-11;/h4-7,9,12H,8,15H2,1-3H3;1H/t12-;/m0./s1. The molecule has 0 aliphatic rings. The van der Waals surface area contributed by atoms with Crippen LogP contribution in [-0.4, -0.2) is 18.6 Å². The molecule has 1 aromatic heterocycles. The summed E-state index contributed by atoms with van der Waals surface area (Å²) >= 11 is 0. The summed E-state index contributed by atoms with van der Waals surface area (Å²) in [6.45, 7) is 5.70. The fourth-order valence-electron chi connectivity index (χ4n) is 1.85. The summed E-state index contributed by atoms with van der Waals surface area (Å²) in [5.41, 5.74) is 7.56. The average Bonchev–Trinajstić information content (AvgIpc) is 2.87. The quantitative estimate of drug-likeness (QED) is 0.893. The zero-order chi connectivity index (χ0) is 15.6. The summed E-state index contributed by atoms with van der Waals surface area (Å²) in [6, 6.07) is 6.81. The lowest BCUT2D eigenvalue weighted by atomic mass is 10.1. The van der Waals surface area contributed by atoms with Gasteiger partial charge in [0.15, 0.2) is 0 Å². The summed E-state index contributed by atoms with van der Waals surface area (Å²) in [5, 5.41) is 6.99. The second kappa shape index (κ2) is 7.21. The molecule has 0 aliphatic carbocycles. The number of aryl methyl sites for hydroxylation is 1. The lowest BCUT2D eigenvalue weighted by Crippen LogP contribution is -2.17. The molecule has 0 saturated carbocycles. The Morgan fingerprint density at radius 1 is 1.27 bits per heavy atom. The number of benzene rings is 1. The molecule has 6 nitrogen and oxygen atoms in total. The first kappa shape index (κ1) is 18.6. The molecule has 2 aromatic rings. The Morgan fingerprint density at radius 2 is 1.95 bits per heavy atom. The van der Waals surface area contributed by atoms with Gasteiger partial charge < -0.3 is 10.2 Å². The molecule has 0 saturated heterocycles. The zero-order valence-corrected chi connectivity index (χ0v) is 14.3. The van der Waals surface area contributed by atoms with E-state index in [9.17, 15) is 8.42 Å². The Hall–Kier alpha value is -1.44. The van der Waals surface area contributed by atoms with Crippen molar-refractivity contribution in [1.82, 2.24) is 10.2 Å². The van der Waals surface area contributed by atoms with E-state index in [4.69, 9.17) is 10.2 Å². The van der Waals surface area contributed by atoms with Crippen molar-refractivity contribution in [2.75, 3.05) is 0 Å². The van der Waals surface area contributed by atoms with Crippen LogP contribution in [0.25, 0.3) is 0 Å². The van der Waals surface area contributed by atoms with Crippen molar-refractivity contribution in [3.05, 3.63) is 41.3 Å². The van der Waals surface area contributed by atoms with Gasteiger partial charge in [-0.25, -0.2) is 8.42 Å². The lowest BCUT2D eigenvalue weighted by Gasteiger charge is -2.09. The van der Waals surface area contributed by atoms with Gasteiger partial charge >= 0.3 is 5.22 Å². The fraction of sp³-hybridized carbons (Fsp3) is 0.429. The highest BCUT2D eigenvalue weighted by Crippen LogP contribution is 2.21. The van der Waals surface area contributed by atoms with Gasteiger partial charge in [0, 0.05) is 0 Å². The maximum Gasteiger partial charge on any atom is 0.335 e. The Balaban J connectivity index is 0.00000242. The monoisotopic (exact) mass is 345 g/mol. The molecule has 0 amide bonds. The summed E-state index contributed by atoms with van der Waals surface area (Å²) in [4.78, 5) is 0. The highest BCUT2D eigenvalue weighted by Gasteiger charge is 2.25. The smallest absolute Gasteiger partial charge is 0.335 e. The van der Waals surface area contributed by atoms with E-state index in [0.717, 1.165) is 5.56 Å². The lowest BCUT2D eigenvalue weighted by molar-refractivity contribution is 0.341. The van der Waals surface area contributed by atoms with E-state index in [2.05, 4.69) is 10.2 Å². The van der Waals surface area contributed by atoms with E-state index in [1.165, 1.54) is 0 Å². The summed E-state index contributed by atoms with van der Waals surface area (Å²) in [7, 11) is -3.66. The topological polar surface area (TPSA) is 99.1 Å². The van der Waals surface area contributed by atoms with Gasteiger partial charge in [-0.3, -0.25) is 0 Å². The SMILES string of the molecule is Cc1cccc(CS(=O)(=O)c2nnc([C@@H](N)C(C)C)o2)c1.Cl. The van der Waals surface area contributed by atoms with Gasteiger partial charge in [0.2, 0.25) is 15.7 Å². The van der Waals surface area contributed by atoms with Gasteiger partial charge in [0.1, 0.15) is 0 Å². The van der Waals surface area contributed by atoms with E-state index in [1.54, 1.807) is 6.07 Å². The van der Waals surface area contributed by atoms with Crippen LogP contribution in [0.2, 0.25) is 0 Å². The van der Waals surface area contributed by atoms with Crippen LogP contribution in [0.5, 0.6) is 0 Å². The molecule has 0 bridgehead atoms. The normalized spacial score (nSPS) is 13.0. The highest BCUT2D eigenvalue weighted by molar-refractivity contribution is 7.90. The molecule has 0 spiro atoms. The predicted octanol–water partition coefficient (Wildman–Crippen LogP) is 2.43. The molecule has 22 heavy (non-hydrogen) atoms. The number of nitrogens with zero attached hydrogens (tertiary/aromatic N) is 2. The molecule has 0 aliphatic heterocycles. The largest absolute Gasteiger partial charge is 0.411 e. The molecular formula is C14H20ClN3O3S. The van der Waals surface area contributed by atoms with E-state index in [1.807, 2.05) is 39.0 Å².